The minimum atomic E-state index is -1.86. The zero-order valence-electron chi connectivity index (χ0n) is 5.33. The van der Waals surface area contributed by atoms with Gasteiger partial charge in [0.2, 0.25) is 0 Å². The van der Waals surface area contributed by atoms with Crippen molar-refractivity contribution in [3.05, 3.63) is 0 Å². The van der Waals surface area contributed by atoms with Gasteiger partial charge in [-0.1, -0.05) is 0 Å². The summed E-state index contributed by atoms with van der Waals surface area (Å²) in [5, 5.41) is 17.2. The molecule has 0 spiro atoms. The Morgan fingerprint density at radius 1 is 1.70 bits per heavy atom. The summed E-state index contributed by atoms with van der Waals surface area (Å²) in [7, 11) is 0. The van der Waals surface area contributed by atoms with Crippen molar-refractivity contribution in [2.45, 2.75) is 18.0 Å². The van der Waals surface area contributed by atoms with Crippen LogP contribution in [0.4, 0.5) is 4.39 Å². The Morgan fingerprint density at radius 2 is 2.30 bits per heavy atom. The molecule has 0 saturated carbocycles. The minimum absolute atomic E-state index is 0.147. The Bertz CT molecular complexity index is 132. The van der Waals surface area contributed by atoms with Crippen molar-refractivity contribution >= 4 is 0 Å². The van der Waals surface area contributed by atoms with Gasteiger partial charge in [-0.25, -0.2) is 4.39 Å². The summed E-state index contributed by atoms with van der Waals surface area (Å²) in [4.78, 5) is 0. The van der Waals surface area contributed by atoms with Gasteiger partial charge in [0.15, 0.2) is 6.29 Å². The molecule has 4 N–H and O–H groups in total. The van der Waals surface area contributed by atoms with Gasteiger partial charge < -0.3 is 20.7 Å². The Balaban J connectivity index is 2.66. The van der Waals surface area contributed by atoms with Crippen molar-refractivity contribution in [1.82, 2.24) is 0 Å². The maximum atomic E-state index is 12.7. The molecule has 4 nitrogen and oxygen atoms in total. The third kappa shape index (κ3) is 1.01. The lowest BCUT2D eigenvalue weighted by molar-refractivity contribution is -0.109. The van der Waals surface area contributed by atoms with E-state index in [4.69, 9.17) is 15.9 Å². The summed E-state index contributed by atoms with van der Waals surface area (Å²) in [6, 6.07) is 0. The van der Waals surface area contributed by atoms with Gasteiger partial charge >= 0.3 is 0 Å². The number of nitrogens with two attached hydrogens (primary N) is 1. The van der Waals surface area contributed by atoms with Gasteiger partial charge in [0.25, 0.3) is 0 Å². The maximum absolute atomic E-state index is 12.7. The molecule has 2 atom stereocenters. The molecule has 1 heterocycles. The quantitative estimate of drug-likeness (QED) is 0.393. The lowest BCUT2D eigenvalue weighted by Crippen LogP contribution is -2.57. The first-order valence-corrected chi connectivity index (χ1v) is 2.94. The first-order chi connectivity index (χ1) is 4.57. The van der Waals surface area contributed by atoms with E-state index in [1.807, 2.05) is 0 Å². The molecule has 1 fully saturated rings. The molecule has 0 radical (unpaired) electrons. The summed E-state index contributed by atoms with van der Waals surface area (Å²) in [5.41, 5.74) is 3.62. The molecule has 1 aliphatic rings. The lowest BCUT2D eigenvalue weighted by atomic mass is 9.98. The van der Waals surface area contributed by atoms with Crippen LogP contribution in [0.25, 0.3) is 0 Å². The topological polar surface area (TPSA) is 75.7 Å². The standard InChI is InChI=1S/C5H10FNO3/c6-3-1-10-2-5(3,7)4(8)9/h3-4,8-9H,1-2,7H2. The Kier molecular flexibility index (Phi) is 1.91. The highest BCUT2D eigenvalue weighted by Crippen LogP contribution is 2.21. The largest absolute Gasteiger partial charge is 0.376 e. The van der Waals surface area contributed by atoms with Crippen LogP contribution in [0.15, 0.2) is 0 Å². The highest BCUT2D eigenvalue weighted by Gasteiger charge is 2.46. The van der Waals surface area contributed by atoms with Crippen LogP contribution < -0.4 is 5.73 Å². The molecule has 0 aromatic carbocycles. The zero-order chi connectivity index (χ0) is 7.78. The molecule has 5 heteroatoms. The van der Waals surface area contributed by atoms with E-state index in [1.54, 1.807) is 0 Å². The second-order valence-electron chi connectivity index (χ2n) is 2.47. The van der Waals surface area contributed by atoms with Crippen molar-refractivity contribution in [2.24, 2.45) is 5.73 Å². The number of hydrogen-bond donors (Lipinski definition) is 3. The predicted molar refractivity (Wildman–Crippen MR) is 30.9 cm³/mol. The average molecular weight is 151 g/mol. The number of aliphatic hydroxyl groups excluding tert-OH is 1. The predicted octanol–water partition coefficient (Wildman–Crippen LogP) is -1.64. The second-order valence-corrected chi connectivity index (χ2v) is 2.47. The molecule has 0 amide bonds. The third-order valence-electron chi connectivity index (χ3n) is 1.68. The number of rotatable bonds is 1. The SMILES string of the molecule is NC1(C(O)O)COCC1F. The van der Waals surface area contributed by atoms with Crippen LogP contribution in [0, 0.1) is 0 Å². The lowest BCUT2D eigenvalue weighted by Gasteiger charge is -2.25. The normalized spacial score (nSPS) is 41.1. The van der Waals surface area contributed by atoms with Gasteiger partial charge in [-0.05, 0) is 0 Å². The summed E-state index contributed by atoms with van der Waals surface area (Å²) in [6.07, 6.45) is -3.35. The van der Waals surface area contributed by atoms with E-state index in [2.05, 4.69) is 4.74 Å². The highest BCUT2D eigenvalue weighted by atomic mass is 19.1. The fourth-order valence-electron chi connectivity index (χ4n) is 0.821. The summed E-state index contributed by atoms with van der Waals surface area (Å²) < 4.78 is 17.3. The van der Waals surface area contributed by atoms with Crippen molar-refractivity contribution in [1.29, 1.82) is 0 Å². The average Bonchev–Trinajstić information content (AvgIpc) is 2.15. The van der Waals surface area contributed by atoms with Crippen molar-refractivity contribution in [3.8, 4) is 0 Å². The van der Waals surface area contributed by atoms with E-state index in [1.165, 1.54) is 0 Å². The van der Waals surface area contributed by atoms with Gasteiger partial charge in [0.1, 0.15) is 11.7 Å². The summed E-state index contributed by atoms with van der Waals surface area (Å²) >= 11 is 0. The van der Waals surface area contributed by atoms with Gasteiger partial charge in [0.05, 0.1) is 13.2 Å². The molecule has 10 heavy (non-hydrogen) atoms. The van der Waals surface area contributed by atoms with Crippen LogP contribution in [0.3, 0.4) is 0 Å². The molecule has 1 saturated heterocycles. The van der Waals surface area contributed by atoms with Crippen LogP contribution in [-0.4, -0.2) is 41.4 Å². The van der Waals surface area contributed by atoms with Crippen LogP contribution in [-0.2, 0) is 4.74 Å². The third-order valence-corrected chi connectivity index (χ3v) is 1.68. The number of hydrogen-bond acceptors (Lipinski definition) is 4. The molecule has 0 aromatic heterocycles. The van der Waals surface area contributed by atoms with Crippen LogP contribution in [0.1, 0.15) is 0 Å². The van der Waals surface area contributed by atoms with Crippen molar-refractivity contribution < 1.29 is 19.3 Å². The van der Waals surface area contributed by atoms with Crippen molar-refractivity contribution in [2.75, 3.05) is 13.2 Å². The van der Waals surface area contributed by atoms with E-state index in [9.17, 15) is 4.39 Å². The number of halogens is 1. The molecule has 60 valence electrons. The van der Waals surface area contributed by atoms with Crippen LogP contribution in [0.5, 0.6) is 0 Å². The fraction of sp³-hybridized carbons (Fsp3) is 1.00. The number of aliphatic hydroxyl groups is 2. The van der Waals surface area contributed by atoms with Crippen LogP contribution in [0.2, 0.25) is 0 Å². The molecule has 0 bridgehead atoms. The molecule has 1 rings (SSSR count). The van der Waals surface area contributed by atoms with E-state index in [-0.39, 0.29) is 13.2 Å². The molecule has 2 unspecified atom stereocenters. The van der Waals surface area contributed by atoms with E-state index in [0.717, 1.165) is 0 Å². The number of alkyl halides is 1. The monoisotopic (exact) mass is 151 g/mol. The first-order valence-electron chi connectivity index (χ1n) is 2.94. The Labute approximate surface area is 57.4 Å². The molecule has 0 aliphatic carbocycles. The smallest absolute Gasteiger partial charge is 0.175 e. The zero-order valence-corrected chi connectivity index (χ0v) is 5.33. The fourth-order valence-corrected chi connectivity index (χ4v) is 0.821. The summed E-state index contributed by atoms with van der Waals surface area (Å²) in [5.74, 6) is 0. The van der Waals surface area contributed by atoms with Crippen LogP contribution >= 0.6 is 0 Å². The molecular weight excluding hydrogens is 141 g/mol. The Hall–Kier alpha value is -0.230. The van der Waals surface area contributed by atoms with Gasteiger partial charge in [-0.15, -0.1) is 0 Å². The second kappa shape index (κ2) is 2.43. The first kappa shape index (κ1) is 7.87. The van der Waals surface area contributed by atoms with Crippen molar-refractivity contribution in [3.63, 3.8) is 0 Å². The van der Waals surface area contributed by atoms with E-state index < -0.39 is 18.0 Å². The molecule has 0 aromatic rings. The van der Waals surface area contributed by atoms with E-state index >= 15 is 0 Å². The van der Waals surface area contributed by atoms with Gasteiger partial charge in [0, 0.05) is 0 Å². The minimum Gasteiger partial charge on any atom is -0.376 e. The highest BCUT2D eigenvalue weighted by molar-refractivity contribution is 4.97. The van der Waals surface area contributed by atoms with E-state index in [0.29, 0.717) is 0 Å². The Morgan fingerprint density at radius 3 is 2.50 bits per heavy atom. The molecule has 1 aliphatic heterocycles. The molecular formula is C5H10FNO3. The maximum Gasteiger partial charge on any atom is 0.175 e. The number of ether oxygens (including phenoxy) is 1. The van der Waals surface area contributed by atoms with Gasteiger partial charge in [-0.2, -0.15) is 0 Å². The summed E-state index contributed by atoms with van der Waals surface area (Å²) in [6.45, 7) is -0.306. The van der Waals surface area contributed by atoms with Gasteiger partial charge in [-0.3, -0.25) is 0 Å².